The van der Waals surface area contributed by atoms with Crippen LogP contribution < -0.4 is 4.90 Å². The predicted molar refractivity (Wildman–Crippen MR) is 164 cm³/mol. The number of rotatable bonds is 4. The zero-order valence-corrected chi connectivity index (χ0v) is 22.0. The van der Waals surface area contributed by atoms with E-state index in [9.17, 15) is 9.59 Å². The molecule has 190 valence electrons. The fourth-order valence-electron chi connectivity index (χ4n) is 5.62. The van der Waals surface area contributed by atoms with Crippen molar-refractivity contribution in [3.63, 3.8) is 0 Å². The van der Waals surface area contributed by atoms with E-state index in [4.69, 9.17) is 0 Å². The number of anilines is 3. The van der Waals surface area contributed by atoms with Gasteiger partial charge >= 0.3 is 0 Å². The lowest BCUT2D eigenvalue weighted by Crippen LogP contribution is -2.11. The van der Waals surface area contributed by atoms with Gasteiger partial charge in [-0.05, 0) is 59.7 Å². The van der Waals surface area contributed by atoms with Gasteiger partial charge < -0.3 is 4.90 Å². The van der Waals surface area contributed by atoms with Gasteiger partial charge in [-0.15, -0.1) is 0 Å². The third-order valence-electron chi connectivity index (χ3n) is 7.63. The molecule has 1 aliphatic rings. The number of nitrogens with zero attached hydrogens (tertiary/aromatic N) is 1. The van der Waals surface area contributed by atoms with Crippen molar-refractivity contribution in [2.45, 2.75) is 6.92 Å². The molecule has 0 unspecified atom stereocenters. The molecule has 6 aromatic rings. The summed E-state index contributed by atoms with van der Waals surface area (Å²) in [5.41, 5.74) is 6.31. The molecule has 7 rings (SSSR count). The van der Waals surface area contributed by atoms with Gasteiger partial charge in [-0.25, -0.2) is 0 Å². The van der Waals surface area contributed by atoms with Crippen molar-refractivity contribution in [3.05, 3.63) is 155 Å². The van der Waals surface area contributed by atoms with E-state index in [1.165, 1.54) is 16.3 Å². The Hall–Kier alpha value is -5.28. The van der Waals surface area contributed by atoms with Crippen LogP contribution >= 0.6 is 0 Å². The maximum Gasteiger partial charge on any atom is 0.197 e. The zero-order chi connectivity index (χ0) is 27.2. The fourth-order valence-corrected chi connectivity index (χ4v) is 5.62. The standard InChI is InChI=1S/C37H25NO2/c1-24-14-18-28(19-15-24)38(35-30-10-4-2-8-26(30)23-27-9-3-5-11-31(27)35)29-20-16-25(17-21-29)22-34-36(39)32-12-6-7-13-33(32)37(34)40/h2-23H,1H3. The van der Waals surface area contributed by atoms with E-state index >= 15 is 0 Å². The van der Waals surface area contributed by atoms with Gasteiger partial charge in [0.15, 0.2) is 11.6 Å². The highest BCUT2D eigenvalue weighted by molar-refractivity contribution is 6.41. The van der Waals surface area contributed by atoms with E-state index in [0.717, 1.165) is 33.4 Å². The van der Waals surface area contributed by atoms with Crippen LogP contribution in [0.15, 0.2) is 133 Å². The minimum Gasteiger partial charge on any atom is -0.309 e. The predicted octanol–water partition coefficient (Wildman–Crippen LogP) is 9.23. The third kappa shape index (κ3) is 3.91. The second-order valence-electron chi connectivity index (χ2n) is 10.2. The number of fused-ring (bicyclic) bond motifs is 3. The van der Waals surface area contributed by atoms with Crippen molar-refractivity contribution in [3.8, 4) is 0 Å². The Morgan fingerprint density at radius 3 is 1.57 bits per heavy atom. The SMILES string of the molecule is Cc1ccc(N(c2ccc(C=C3C(=O)c4ccccc4C3=O)cc2)c2c3ccccc3cc3ccccc23)cc1. The average molecular weight is 516 g/mol. The zero-order valence-electron chi connectivity index (χ0n) is 22.0. The van der Waals surface area contributed by atoms with Crippen LogP contribution in [0.2, 0.25) is 0 Å². The van der Waals surface area contributed by atoms with Crippen molar-refractivity contribution < 1.29 is 9.59 Å². The Kier molecular flexibility index (Phi) is 5.64. The molecule has 0 saturated carbocycles. The van der Waals surface area contributed by atoms with E-state index in [0.29, 0.717) is 11.1 Å². The second-order valence-corrected chi connectivity index (χ2v) is 10.2. The third-order valence-corrected chi connectivity index (χ3v) is 7.63. The lowest BCUT2D eigenvalue weighted by molar-refractivity contribution is 0.0990. The maximum atomic E-state index is 12.9. The van der Waals surface area contributed by atoms with E-state index in [1.807, 2.05) is 12.1 Å². The molecule has 6 aromatic carbocycles. The molecular weight excluding hydrogens is 490 g/mol. The number of Topliss-reactive ketones (excluding diaryl/α,β-unsaturated/α-hetero) is 2. The molecule has 0 aromatic heterocycles. The summed E-state index contributed by atoms with van der Waals surface area (Å²) in [6.07, 6.45) is 1.71. The van der Waals surface area contributed by atoms with Crippen molar-refractivity contribution in [1.82, 2.24) is 0 Å². The monoisotopic (exact) mass is 515 g/mol. The highest BCUT2D eigenvalue weighted by Gasteiger charge is 2.32. The first kappa shape index (κ1) is 23.8. The van der Waals surface area contributed by atoms with Gasteiger partial charge in [0.1, 0.15) is 0 Å². The minimum absolute atomic E-state index is 0.212. The number of carbonyl (C=O) groups excluding carboxylic acids is 2. The van der Waals surface area contributed by atoms with Crippen LogP contribution in [0, 0.1) is 6.92 Å². The van der Waals surface area contributed by atoms with Crippen molar-refractivity contribution in [2.24, 2.45) is 0 Å². The summed E-state index contributed by atoms with van der Waals surface area (Å²) in [6, 6.07) is 42.8. The maximum absolute atomic E-state index is 12.9. The van der Waals surface area contributed by atoms with Crippen molar-refractivity contribution in [2.75, 3.05) is 4.90 Å². The number of carbonyl (C=O) groups is 2. The van der Waals surface area contributed by atoms with E-state index < -0.39 is 0 Å². The molecule has 0 heterocycles. The summed E-state index contributed by atoms with van der Waals surface area (Å²) >= 11 is 0. The van der Waals surface area contributed by atoms with Gasteiger partial charge in [0.25, 0.3) is 0 Å². The molecule has 1 aliphatic carbocycles. The molecule has 0 saturated heterocycles. The molecule has 0 amide bonds. The normalized spacial score (nSPS) is 12.7. The highest BCUT2D eigenvalue weighted by Crippen LogP contribution is 2.43. The Balaban J connectivity index is 1.39. The van der Waals surface area contributed by atoms with Crippen LogP contribution in [0.5, 0.6) is 0 Å². The molecule has 0 N–H and O–H groups in total. The van der Waals surface area contributed by atoms with Gasteiger partial charge in [0, 0.05) is 33.3 Å². The highest BCUT2D eigenvalue weighted by atomic mass is 16.2. The van der Waals surface area contributed by atoms with Crippen LogP contribution in [0.3, 0.4) is 0 Å². The van der Waals surface area contributed by atoms with E-state index in [2.05, 4.69) is 103 Å². The first-order chi connectivity index (χ1) is 19.6. The van der Waals surface area contributed by atoms with Gasteiger partial charge in [-0.2, -0.15) is 0 Å². The van der Waals surface area contributed by atoms with Gasteiger partial charge in [0.2, 0.25) is 0 Å². The molecule has 0 aliphatic heterocycles. The summed E-state index contributed by atoms with van der Waals surface area (Å²) in [4.78, 5) is 28.2. The fraction of sp³-hybridized carbons (Fsp3) is 0.0270. The Morgan fingerprint density at radius 1 is 0.550 bits per heavy atom. The van der Waals surface area contributed by atoms with Crippen LogP contribution in [0.25, 0.3) is 27.6 Å². The minimum atomic E-state index is -0.215. The number of ketones is 2. The molecular formula is C37H25NO2. The number of allylic oxidation sites excluding steroid dienone is 1. The summed E-state index contributed by atoms with van der Waals surface area (Å²) < 4.78 is 0. The quantitative estimate of drug-likeness (QED) is 0.133. The molecule has 40 heavy (non-hydrogen) atoms. The van der Waals surface area contributed by atoms with Crippen LogP contribution in [-0.4, -0.2) is 11.6 Å². The number of benzene rings is 6. The van der Waals surface area contributed by atoms with Crippen LogP contribution in [0.4, 0.5) is 17.1 Å². The molecule has 0 fully saturated rings. The first-order valence-electron chi connectivity index (χ1n) is 13.4. The van der Waals surface area contributed by atoms with E-state index in [-0.39, 0.29) is 17.1 Å². The summed E-state index contributed by atoms with van der Waals surface area (Å²) in [6.45, 7) is 2.09. The number of hydrogen-bond acceptors (Lipinski definition) is 3. The topological polar surface area (TPSA) is 37.4 Å². The van der Waals surface area contributed by atoms with Crippen molar-refractivity contribution >= 4 is 56.2 Å². The lowest BCUT2D eigenvalue weighted by Gasteiger charge is -2.28. The smallest absolute Gasteiger partial charge is 0.197 e. The van der Waals surface area contributed by atoms with Crippen molar-refractivity contribution in [1.29, 1.82) is 0 Å². The van der Waals surface area contributed by atoms with Gasteiger partial charge in [-0.1, -0.05) is 103 Å². The molecule has 0 spiro atoms. The number of hydrogen-bond donors (Lipinski definition) is 0. The molecule has 3 nitrogen and oxygen atoms in total. The molecule has 3 heteroatoms. The lowest BCUT2D eigenvalue weighted by atomic mass is 9.98. The Bertz CT molecular complexity index is 1890. The number of aryl methyl sites for hydroxylation is 1. The Labute approximate surface area is 232 Å². The first-order valence-corrected chi connectivity index (χ1v) is 13.4. The van der Waals surface area contributed by atoms with Gasteiger partial charge in [0.05, 0.1) is 11.3 Å². The summed E-state index contributed by atoms with van der Waals surface area (Å²) in [7, 11) is 0. The van der Waals surface area contributed by atoms with Crippen LogP contribution in [0.1, 0.15) is 31.8 Å². The average Bonchev–Trinajstić information content (AvgIpc) is 3.23. The van der Waals surface area contributed by atoms with Crippen LogP contribution in [-0.2, 0) is 0 Å². The molecule has 0 bridgehead atoms. The van der Waals surface area contributed by atoms with Gasteiger partial charge in [-0.3, -0.25) is 9.59 Å². The summed E-state index contributed by atoms with van der Waals surface area (Å²) in [5.74, 6) is -0.429. The van der Waals surface area contributed by atoms with E-state index in [1.54, 1.807) is 30.3 Å². The largest absolute Gasteiger partial charge is 0.309 e. The second kappa shape index (κ2) is 9.48. The Morgan fingerprint density at radius 2 is 1.02 bits per heavy atom. The molecule has 0 radical (unpaired) electrons. The summed E-state index contributed by atoms with van der Waals surface area (Å²) in [5, 5.41) is 4.67. The molecule has 0 atom stereocenters.